The lowest BCUT2D eigenvalue weighted by Crippen LogP contribution is -2.49. The number of benzene rings is 1. The lowest BCUT2D eigenvalue weighted by molar-refractivity contribution is 0.0745. The van der Waals surface area contributed by atoms with Gasteiger partial charge >= 0.3 is 0 Å². The summed E-state index contributed by atoms with van der Waals surface area (Å²) in [7, 11) is 0. The quantitative estimate of drug-likeness (QED) is 0.822. The second-order valence-corrected chi connectivity index (χ2v) is 7.25. The molecule has 3 heterocycles. The van der Waals surface area contributed by atoms with Crippen molar-refractivity contribution in [2.45, 2.75) is 18.9 Å². The number of carbonyl (C=O) groups excluding carboxylic acids is 2. The van der Waals surface area contributed by atoms with Crippen LogP contribution in [-0.4, -0.2) is 72.1 Å². The van der Waals surface area contributed by atoms with Crippen molar-refractivity contribution < 1.29 is 14.3 Å². The number of ether oxygens (including phenoxy) is 1. The Hall–Kier alpha value is -3.00. The van der Waals surface area contributed by atoms with E-state index in [1.54, 1.807) is 42.7 Å². The van der Waals surface area contributed by atoms with E-state index in [0.29, 0.717) is 49.8 Å². The summed E-state index contributed by atoms with van der Waals surface area (Å²) in [5.74, 6) is 0.527. The van der Waals surface area contributed by atoms with Gasteiger partial charge in [0.15, 0.2) is 0 Å². The molecule has 2 saturated heterocycles. The van der Waals surface area contributed by atoms with Crippen LogP contribution in [-0.2, 0) is 4.74 Å². The van der Waals surface area contributed by atoms with Crippen molar-refractivity contribution >= 4 is 17.8 Å². The zero-order valence-electron chi connectivity index (χ0n) is 16.3. The maximum atomic E-state index is 12.8. The molecule has 2 fully saturated rings. The summed E-state index contributed by atoms with van der Waals surface area (Å²) in [6, 6.07) is 8.62. The van der Waals surface area contributed by atoms with Crippen LogP contribution in [0.5, 0.6) is 0 Å². The van der Waals surface area contributed by atoms with Gasteiger partial charge in [0.05, 0.1) is 6.10 Å². The molecular weight excluding hydrogens is 370 g/mol. The smallest absolute Gasteiger partial charge is 0.253 e. The van der Waals surface area contributed by atoms with Gasteiger partial charge in [0.1, 0.15) is 0 Å². The number of hydrogen-bond acceptors (Lipinski definition) is 6. The van der Waals surface area contributed by atoms with Crippen LogP contribution in [0.15, 0.2) is 42.7 Å². The predicted molar refractivity (Wildman–Crippen MR) is 108 cm³/mol. The molecule has 1 unspecified atom stereocenters. The number of piperazine rings is 1. The van der Waals surface area contributed by atoms with E-state index in [1.807, 2.05) is 4.90 Å². The summed E-state index contributed by atoms with van der Waals surface area (Å²) < 4.78 is 5.52. The Morgan fingerprint density at radius 1 is 1.03 bits per heavy atom. The summed E-state index contributed by atoms with van der Waals surface area (Å²) in [5, 5.41) is 2.90. The van der Waals surface area contributed by atoms with Crippen molar-refractivity contribution in [1.82, 2.24) is 20.2 Å². The Labute approximate surface area is 169 Å². The van der Waals surface area contributed by atoms with Crippen molar-refractivity contribution in [2.24, 2.45) is 0 Å². The van der Waals surface area contributed by atoms with Crippen LogP contribution in [0.1, 0.15) is 33.6 Å². The monoisotopic (exact) mass is 395 g/mol. The van der Waals surface area contributed by atoms with Crippen molar-refractivity contribution in [3.05, 3.63) is 53.9 Å². The third-order valence-corrected chi connectivity index (χ3v) is 5.31. The SMILES string of the molecule is O=C(NCC1CCCO1)c1ccc(C(=O)N2CCN(c3ncccn3)CC2)cc1. The molecule has 29 heavy (non-hydrogen) atoms. The largest absolute Gasteiger partial charge is 0.376 e. The molecule has 0 saturated carbocycles. The molecule has 0 spiro atoms. The Kier molecular flexibility index (Phi) is 6.00. The molecular formula is C21H25N5O3. The van der Waals surface area contributed by atoms with E-state index < -0.39 is 0 Å². The zero-order chi connectivity index (χ0) is 20.1. The van der Waals surface area contributed by atoms with Gasteiger partial charge in [-0.05, 0) is 43.2 Å². The highest BCUT2D eigenvalue weighted by molar-refractivity contribution is 5.97. The van der Waals surface area contributed by atoms with Crippen molar-refractivity contribution in [3.8, 4) is 0 Å². The van der Waals surface area contributed by atoms with Crippen LogP contribution < -0.4 is 10.2 Å². The van der Waals surface area contributed by atoms with Crippen molar-refractivity contribution in [2.75, 3.05) is 44.2 Å². The van der Waals surface area contributed by atoms with Crippen molar-refractivity contribution in [3.63, 3.8) is 0 Å². The van der Waals surface area contributed by atoms with E-state index >= 15 is 0 Å². The number of rotatable bonds is 5. The summed E-state index contributed by atoms with van der Waals surface area (Å²) in [5.41, 5.74) is 1.13. The minimum Gasteiger partial charge on any atom is -0.376 e. The first-order valence-corrected chi connectivity index (χ1v) is 10.0. The average Bonchev–Trinajstić information content (AvgIpc) is 3.31. The van der Waals surface area contributed by atoms with E-state index in [-0.39, 0.29) is 17.9 Å². The third kappa shape index (κ3) is 4.71. The molecule has 2 aliphatic heterocycles. The molecule has 2 amide bonds. The Morgan fingerprint density at radius 2 is 1.72 bits per heavy atom. The standard InChI is InChI=1S/C21H25N5O3/c27-19(24-15-18-3-1-14-29-18)16-4-6-17(7-5-16)20(28)25-10-12-26(13-11-25)21-22-8-2-9-23-21/h2,4-9,18H,1,3,10-15H2,(H,24,27). The maximum Gasteiger partial charge on any atom is 0.253 e. The Morgan fingerprint density at radius 3 is 2.38 bits per heavy atom. The van der Waals surface area contributed by atoms with Crippen molar-refractivity contribution in [1.29, 1.82) is 0 Å². The fraction of sp³-hybridized carbons (Fsp3) is 0.429. The van der Waals surface area contributed by atoms with Crippen LogP contribution >= 0.6 is 0 Å². The van der Waals surface area contributed by atoms with Gasteiger partial charge in [-0.1, -0.05) is 0 Å². The number of amides is 2. The van der Waals surface area contributed by atoms with Gasteiger partial charge in [-0.25, -0.2) is 9.97 Å². The molecule has 1 aromatic heterocycles. The minimum absolute atomic E-state index is 0.0232. The van der Waals surface area contributed by atoms with E-state index in [4.69, 9.17) is 4.74 Å². The maximum absolute atomic E-state index is 12.8. The number of nitrogens with one attached hydrogen (secondary N) is 1. The fourth-order valence-electron chi connectivity index (χ4n) is 3.62. The summed E-state index contributed by atoms with van der Waals surface area (Å²) >= 11 is 0. The number of anilines is 1. The highest BCUT2D eigenvalue weighted by atomic mass is 16.5. The molecule has 2 aromatic rings. The second-order valence-electron chi connectivity index (χ2n) is 7.25. The molecule has 1 aromatic carbocycles. The molecule has 0 aliphatic carbocycles. The first-order chi connectivity index (χ1) is 14.2. The normalized spacial score (nSPS) is 19.2. The summed E-state index contributed by atoms with van der Waals surface area (Å²) in [6.45, 7) is 3.90. The molecule has 8 heteroatoms. The lowest BCUT2D eigenvalue weighted by atomic mass is 10.1. The van der Waals surface area contributed by atoms with Gasteiger partial charge < -0.3 is 19.9 Å². The molecule has 0 radical (unpaired) electrons. The summed E-state index contributed by atoms with van der Waals surface area (Å²) in [4.78, 5) is 37.5. The van der Waals surface area contributed by atoms with Crippen LogP contribution in [0.25, 0.3) is 0 Å². The summed E-state index contributed by atoms with van der Waals surface area (Å²) in [6.07, 6.45) is 5.58. The number of nitrogens with zero attached hydrogens (tertiary/aromatic N) is 4. The van der Waals surface area contributed by atoms with E-state index in [2.05, 4.69) is 20.2 Å². The molecule has 0 bridgehead atoms. The van der Waals surface area contributed by atoms with Gasteiger partial charge in [0, 0.05) is 62.9 Å². The molecule has 4 rings (SSSR count). The van der Waals surface area contributed by atoms with Gasteiger partial charge in [-0.3, -0.25) is 9.59 Å². The fourth-order valence-corrected chi connectivity index (χ4v) is 3.62. The third-order valence-electron chi connectivity index (χ3n) is 5.31. The van der Waals surface area contributed by atoms with Gasteiger partial charge in [-0.15, -0.1) is 0 Å². The molecule has 152 valence electrons. The molecule has 2 aliphatic rings. The first-order valence-electron chi connectivity index (χ1n) is 10.0. The number of aromatic nitrogens is 2. The minimum atomic E-state index is -0.143. The van der Waals surface area contributed by atoms with Gasteiger partial charge in [0.25, 0.3) is 11.8 Å². The predicted octanol–water partition coefficient (Wildman–Crippen LogP) is 1.35. The number of carbonyl (C=O) groups is 2. The lowest BCUT2D eigenvalue weighted by Gasteiger charge is -2.34. The Balaban J connectivity index is 1.29. The van der Waals surface area contributed by atoms with Gasteiger partial charge in [0.2, 0.25) is 5.95 Å². The highest BCUT2D eigenvalue weighted by Crippen LogP contribution is 2.14. The highest BCUT2D eigenvalue weighted by Gasteiger charge is 2.23. The molecule has 8 nitrogen and oxygen atoms in total. The topological polar surface area (TPSA) is 87.7 Å². The Bertz CT molecular complexity index is 829. The van der Waals surface area contributed by atoms with Crippen LogP contribution in [0.2, 0.25) is 0 Å². The van der Waals surface area contributed by atoms with E-state index in [9.17, 15) is 9.59 Å². The first kappa shape index (κ1) is 19.3. The van der Waals surface area contributed by atoms with Crippen LogP contribution in [0.4, 0.5) is 5.95 Å². The number of hydrogen-bond donors (Lipinski definition) is 1. The van der Waals surface area contributed by atoms with E-state index in [1.165, 1.54) is 0 Å². The average molecular weight is 395 g/mol. The zero-order valence-corrected chi connectivity index (χ0v) is 16.3. The van der Waals surface area contributed by atoms with Crippen LogP contribution in [0.3, 0.4) is 0 Å². The van der Waals surface area contributed by atoms with E-state index in [0.717, 1.165) is 19.4 Å². The van der Waals surface area contributed by atoms with Crippen LogP contribution in [0, 0.1) is 0 Å². The molecule has 1 N–H and O–H groups in total. The van der Waals surface area contributed by atoms with Gasteiger partial charge in [-0.2, -0.15) is 0 Å². The second kappa shape index (κ2) is 9.00. The molecule has 1 atom stereocenters.